The molecule has 3 N–H and O–H groups in total. The first-order valence-corrected chi connectivity index (χ1v) is 37.0. The normalized spacial score (nSPS) is 14.3. The second-order valence-electron chi connectivity index (χ2n) is 26.9. The Labute approximate surface area is 627 Å². The number of piperidine rings is 3. The third kappa shape index (κ3) is 24.0. The molecular weight excluding hydrogens is 1360 g/mol. The number of rotatable bonds is 29. The van der Waals surface area contributed by atoms with Crippen molar-refractivity contribution in [3.63, 3.8) is 0 Å². The average Bonchev–Trinajstić information content (AvgIpc) is 0.838. The zero-order valence-electron chi connectivity index (χ0n) is 59.7. The first kappa shape index (κ1) is 77.0. The van der Waals surface area contributed by atoms with Crippen molar-refractivity contribution in [2.24, 2.45) is 17.8 Å². The van der Waals surface area contributed by atoms with Crippen molar-refractivity contribution in [3.8, 4) is 45.3 Å². The van der Waals surface area contributed by atoms with Gasteiger partial charge in [0.15, 0.2) is 17.3 Å². The molecule has 0 spiro atoms. The van der Waals surface area contributed by atoms with Crippen LogP contribution in [0.25, 0.3) is 33.8 Å². The summed E-state index contributed by atoms with van der Waals surface area (Å²) in [6, 6.07) is 46.8. The van der Waals surface area contributed by atoms with E-state index in [2.05, 4.69) is 113 Å². The third-order valence-corrected chi connectivity index (χ3v) is 19.4. The largest absolute Gasteiger partial charge is 0.493 e. The van der Waals surface area contributed by atoms with Gasteiger partial charge in [-0.15, -0.1) is 0 Å². The molecule has 3 aliphatic rings. The van der Waals surface area contributed by atoms with Gasteiger partial charge in [0.2, 0.25) is 17.8 Å². The molecule has 17 nitrogen and oxygen atoms in total. The van der Waals surface area contributed by atoms with Gasteiger partial charge in [-0.05, 0) is 191 Å². The lowest BCUT2D eigenvalue weighted by atomic mass is 9.99. The molecule has 0 saturated carbocycles. The Bertz CT molecular complexity index is 4190. The number of ether oxygens (including phenoxy) is 2. The van der Waals surface area contributed by atoms with Crippen LogP contribution in [0.2, 0.25) is 15.1 Å². The van der Waals surface area contributed by atoms with E-state index in [0.717, 1.165) is 119 Å². The summed E-state index contributed by atoms with van der Waals surface area (Å²) in [5, 5.41) is 11.1. The van der Waals surface area contributed by atoms with Crippen LogP contribution in [0.5, 0.6) is 11.5 Å². The maximum atomic E-state index is 11.8. The number of carbonyl (C=O) groups is 3. The Morgan fingerprint density at radius 3 is 1.12 bits per heavy atom. The number of nitrogens with zero attached hydrogens (tertiary/aromatic N) is 9. The predicted molar refractivity (Wildman–Crippen MR) is 424 cm³/mol. The molecule has 20 heteroatoms. The van der Waals surface area contributed by atoms with Gasteiger partial charge in [-0.1, -0.05) is 148 Å². The standard InChI is InChI=1S/2C29H33ClN4O2.C26H27ClN4O/c2*1-3-25(35)18-22-7-4-8-23(17-22)28-27(30)20-31-29(33-28)32-24-9-5-10-26(19-24)36-16-6-13-34-14-11-21(2)12-15-34;1-3-23(32)15-19-6-4-7-20(14-19)25-24(27)17-28-26(30-25)29-21-8-5-9-22(16-21)31-12-10-18(2)11-13-31/h2*3-5,7-10,17,19-21H,1,6,11-16,18H2,2H3,(H,31,32,33);3-9,14,16-18H,1,10-13,15H2,2H3,(H,28,29,30). The summed E-state index contributed by atoms with van der Waals surface area (Å²) in [6.45, 7) is 28.1. The zero-order chi connectivity index (χ0) is 73.2. The molecular formula is C84H93Cl3N12O5. The summed E-state index contributed by atoms with van der Waals surface area (Å²) in [4.78, 5) is 69.7. The molecule has 0 radical (unpaired) electrons. The van der Waals surface area contributed by atoms with Gasteiger partial charge in [-0.25, -0.2) is 29.9 Å². The van der Waals surface area contributed by atoms with E-state index in [1.54, 1.807) is 18.6 Å². The Kier molecular flexibility index (Phi) is 29.1. The van der Waals surface area contributed by atoms with E-state index in [4.69, 9.17) is 44.3 Å². The number of anilines is 7. The molecule has 3 aliphatic heterocycles. The molecule has 12 rings (SSSR count). The number of nitrogens with one attached hydrogen (secondary N) is 3. The average molecular weight is 1460 g/mol. The number of aromatic nitrogens is 6. The summed E-state index contributed by atoms with van der Waals surface area (Å²) in [5.41, 5.74) is 10.7. The molecule has 3 aromatic heterocycles. The third-order valence-electron chi connectivity index (χ3n) is 18.6. The summed E-state index contributed by atoms with van der Waals surface area (Å²) in [6.07, 6.45) is 19.3. The molecule has 0 bridgehead atoms. The molecule has 104 heavy (non-hydrogen) atoms. The molecule has 6 heterocycles. The lowest BCUT2D eigenvalue weighted by Crippen LogP contribution is -2.34. The second-order valence-corrected chi connectivity index (χ2v) is 28.1. The fourth-order valence-electron chi connectivity index (χ4n) is 12.5. The van der Waals surface area contributed by atoms with Crippen LogP contribution in [0.3, 0.4) is 0 Å². The lowest BCUT2D eigenvalue weighted by molar-refractivity contribution is -0.114. The van der Waals surface area contributed by atoms with E-state index in [1.807, 2.05) is 133 Å². The first-order chi connectivity index (χ1) is 50.5. The van der Waals surface area contributed by atoms with Crippen molar-refractivity contribution in [3.05, 3.63) is 234 Å². The summed E-state index contributed by atoms with van der Waals surface area (Å²) in [5.74, 6) is 5.35. The second kappa shape index (κ2) is 39.3. The van der Waals surface area contributed by atoms with Crippen LogP contribution < -0.4 is 30.3 Å². The lowest BCUT2D eigenvalue weighted by Gasteiger charge is -2.32. The van der Waals surface area contributed by atoms with Gasteiger partial charge in [-0.3, -0.25) is 14.4 Å². The van der Waals surface area contributed by atoms with Gasteiger partial charge in [0.05, 0.1) is 64.0 Å². The Hall–Kier alpha value is -9.62. The quantitative estimate of drug-likeness (QED) is 0.0296. The molecule has 0 atom stereocenters. The molecule has 0 aliphatic carbocycles. The zero-order valence-corrected chi connectivity index (χ0v) is 62.0. The minimum absolute atomic E-state index is 0.0265. The van der Waals surface area contributed by atoms with Crippen molar-refractivity contribution in [1.82, 2.24) is 39.7 Å². The number of likely N-dealkylation sites (tertiary alicyclic amines) is 2. The van der Waals surface area contributed by atoms with Gasteiger partial charge >= 0.3 is 0 Å². The molecule has 0 unspecified atom stereocenters. The maximum Gasteiger partial charge on any atom is 0.227 e. The molecule has 3 fully saturated rings. The van der Waals surface area contributed by atoms with Crippen molar-refractivity contribution in [2.45, 2.75) is 91.4 Å². The first-order valence-electron chi connectivity index (χ1n) is 35.9. The fraction of sp³-hybridized carbons (Fsp3) is 0.321. The van der Waals surface area contributed by atoms with E-state index in [-0.39, 0.29) is 30.2 Å². The molecule has 6 aromatic carbocycles. The van der Waals surface area contributed by atoms with Crippen LogP contribution >= 0.6 is 34.8 Å². The van der Waals surface area contributed by atoms with Crippen LogP contribution in [0.15, 0.2) is 202 Å². The molecule has 540 valence electrons. The monoisotopic (exact) mass is 1450 g/mol. The summed E-state index contributed by atoms with van der Waals surface area (Å²) in [7, 11) is 0. The van der Waals surface area contributed by atoms with Crippen LogP contribution in [-0.2, 0) is 33.6 Å². The summed E-state index contributed by atoms with van der Waals surface area (Å²) < 4.78 is 12.0. The number of carbonyl (C=O) groups excluding carboxylic acids is 3. The van der Waals surface area contributed by atoms with Crippen molar-refractivity contribution < 1.29 is 23.9 Å². The number of allylic oxidation sites excluding steroid dienone is 3. The van der Waals surface area contributed by atoms with Crippen LogP contribution in [0, 0.1) is 17.8 Å². The van der Waals surface area contributed by atoms with Crippen LogP contribution in [-0.4, -0.2) is 123 Å². The highest BCUT2D eigenvalue weighted by Gasteiger charge is 2.20. The van der Waals surface area contributed by atoms with Gasteiger partial charge in [0.1, 0.15) is 11.5 Å². The van der Waals surface area contributed by atoms with Gasteiger partial charge in [-0.2, -0.15) is 0 Å². The topological polar surface area (TPSA) is 193 Å². The molecule has 9 aromatic rings. The highest BCUT2D eigenvalue weighted by atomic mass is 35.5. The van der Waals surface area contributed by atoms with E-state index in [0.29, 0.717) is 69.6 Å². The number of ketones is 3. The van der Waals surface area contributed by atoms with E-state index >= 15 is 0 Å². The van der Waals surface area contributed by atoms with Crippen molar-refractivity contribution >= 4 is 92.7 Å². The predicted octanol–water partition coefficient (Wildman–Crippen LogP) is 18.8. The van der Waals surface area contributed by atoms with Crippen LogP contribution in [0.1, 0.15) is 88.8 Å². The van der Waals surface area contributed by atoms with Gasteiger partial charge in [0.25, 0.3) is 0 Å². The number of benzene rings is 6. The molecule has 3 saturated heterocycles. The Morgan fingerprint density at radius 2 is 0.769 bits per heavy atom. The van der Waals surface area contributed by atoms with Crippen molar-refractivity contribution in [2.75, 3.05) is 86.4 Å². The van der Waals surface area contributed by atoms with E-state index in [1.165, 1.54) is 88.6 Å². The van der Waals surface area contributed by atoms with Crippen molar-refractivity contribution in [1.29, 1.82) is 0 Å². The van der Waals surface area contributed by atoms with E-state index < -0.39 is 0 Å². The maximum absolute atomic E-state index is 11.8. The Morgan fingerprint density at radius 1 is 0.442 bits per heavy atom. The number of halogens is 3. The highest BCUT2D eigenvalue weighted by Crippen LogP contribution is 2.34. The minimum Gasteiger partial charge on any atom is -0.493 e. The Balaban J connectivity index is 0.000000168. The minimum atomic E-state index is -0.0356. The van der Waals surface area contributed by atoms with E-state index in [9.17, 15) is 14.4 Å². The fourth-order valence-corrected chi connectivity index (χ4v) is 13.1. The van der Waals surface area contributed by atoms with Gasteiger partial charge < -0.3 is 40.1 Å². The van der Waals surface area contributed by atoms with Crippen LogP contribution in [0.4, 0.5) is 40.6 Å². The number of hydrogen-bond donors (Lipinski definition) is 3. The molecule has 0 amide bonds. The summed E-state index contributed by atoms with van der Waals surface area (Å²) >= 11 is 19.3. The SMILES string of the molecule is C=CC(=O)Cc1cccc(-c2nc(Nc3cccc(N4CCC(C)CC4)c3)ncc2Cl)c1.C=CC(=O)Cc1cccc(-c2nc(Nc3cccc(OCCCN4CCC(C)CC4)c3)ncc2Cl)c1.C=CC(=O)Cc1cccc(-c2nc(Nc3cccc(OCCCN4CCC(C)CC4)c3)ncc2Cl)c1. The number of hydrogen-bond acceptors (Lipinski definition) is 17. The van der Waals surface area contributed by atoms with Gasteiger partial charge in [0, 0.05) is 97.0 Å². The smallest absolute Gasteiger partial charge is 0.227 e. The highest BCUT2D eigenvalue weighted by molar-refractivity contribution is 6.33.